The third-order valence-electron chi connectivity index (χ3n) is 5.42. The van der Waals surface area contributed by atoms with Crippen molar-refractivity contribution in [3.8, 4) is 16.9 Å². The van der Waals surface area contributed by atoms with Gasteiger partial charge in [-0.2, -0.15) is 4.99 Å². The number of nitrogens with zero attached hydrogens (tertiary/aromatic N) is 2. The highest BCUT2D eigenvalue weighted by molar-refractivity contribution is 5.95. The van der Waals surface area contributed by atoms with Crippen LogP contribution in [-0.2, 0) is 20.7 Å². The molecule has 0 aromatic heterocycles. The van der Waals surface area contributed by atoms with Gasteiger partial charge in [-0.05, 0) is 35.7 Å². The van der Waals surface area contributed by atoms with Crippen LogP contribution in [0.15, 0.2) is 47.5 Å². The molecule has 0 atom stereocenters. The van der Waals surface area contributed by atoms with Gasteiger partial charge in [-0.25, -0.2) is 0 Å². The Morgan fingerprint density at radius 2 is 1.79 bits per heavy atom. The van der Waals surface area contributed by atoms with E-state index >= 15 is 0 Å². The fraction of sp³-hybridized carbons (Fsp3) is 0.400. The minimum atomic E-state index is -0.368. The van der Waals surface area contributed by atoms with Crippen LogP contribution < -0.4 is 16.2 Å². The van der Waals surface area contributed by atoms with E-state index in [0.29, 0.717) is 57.3 Å². The summed E-state index contributed by atoms with van der Waals surface area (Å²) in [6.45, 7) is 3.43. The summed E-state index contributed by atoms with van der Waals surface area (Å²) in [6, 6.07) is 13.4. The summed E-state index contributed by atoms with van der Waals surface area (Å²) in [5, 5.41) is 0. The molecule has 34 heavy (non-hydrogen) atoms. The predicted octanol–water partition coefficient (Wildman–Crippen LogP) is 1.97. The van der Waals surface area contributed by atoms with Gasteiger partial charge in [0, 0.05) is 50.8 Å². The second-order valence-electron chi connectivity index (χ2n) is 7.94. The number of amides is 2. The Labute approximate surface area is 199 Å². The van der Waals surface area contributed by atoms with Gasteiger partial charge in [0.2, 0.25) is 5.91 Å². The fourth-order valence-corrected chi connectivity index (χ4v) is 3.66. The first-order valence-electron chi connectivity index (χ1n) is 11.3. The Bertz CT molecular complexity index is 997. The van der Waals surface area contributed by atoms with Crippen LogP contribution in [-0.4, -0.2) is 69.3 Å². The summed E-state index contributed by atoms with van der Waals surface area (Å²) in [5.74, 6) is 0.104. The molecule has 0 radical (unpaired) electrons. The maximum atomic E-state index is 12.7. The molecular formula is C25H32N4O5. The van der Waals surface area contributed by atoms with Gasteiger partial charge >= 0.3 is 0 Å². The lowest BCUT2D eigenvalue weighted by atomic mass is 9.99. The number of benzene rings is 2. The van der Waals surface area contributed by atoms with Gasteiger partial charge in [0.15, 0.2) is 5.96 Å². The lowest BCUT2D eigenvalue weighted by molar-refractivity contribution is -0.117. The van der Waals surface area contributed by atoms with E-state index in [0.717, 1.165) is 23.1 Å². The predicted molar refractivity (Wildman–Crippen MR) is 130 cm³/mol. The first kappa shape index (κ1) is 25.2. The van der Waals surface area contributed by atoms with Crippen molar-refractivity contribution in [3.63, 3.8) is 0 Å². The van der Waals surface area contributed by atoms with Crippen molar-refractivity contribution in [3.05, 3.63) is 53.6 Å². The van der Waals surface area contributed by atoms with Crippen LogP contribution in [0.25, 0.3) is 11.1 Å². The highest BCUT2D eigenvalue weighted by atomic mass is 16.5. The van der Waals surface area contributed by atoms with Crippen LogP contribution in [0, 0.1) is 0 Å². The number of aliphatic imine (C=N–C) groups is 1. The number of carbonyl (C=O) groups is 2. The summed E-state index contributed by atoms with van der Waals surface area (Å²) in [7, 11) is 1.65. The smallest absolute Gasteiger partial charge is 0.254 e. The van der Waals surface area contributed by atoms with E-state index in [2.05, 4.69) is 4.99 Å². The number of ether oxygens (including phenoxy) is 3. The lowest BCUT2D eigenvalue weighted by Crippen LogP contribution is -2.40. The van der Waals surface area contributed by atoms with Crippen molar-refractivity contribution >= 4 is 17.8 Å². The standard InChI is InChI=1S/C25H32N4O5/c1-32-13-2-14-34-22-17-18(4-10-23(30)28-25(26)27)3-9-21(22)19-5-7-20(8-6-19)24(31)29-11-15-33-16-12-29/h3,5-9,17H,2,4,10-16H2,1H3,(H4,26,27,28,30). The van der Waals surface area contributed by atoms with Gasteiger partial charge in [0.25, 0.3) is 5.91 Å². The van der Waals surface area contributed by atoms with Crippen molar-refractivity contribution in [2.24, 2.45) is 16.5 Å². The van der Waals surface area contributed by atoms with Crippen LogP contribution in [0.3, 0.4) is 0 Å². The maximum Gasteiger partial charge on any atom is 0.254 e. The molecule has 3 rings (SSSR count). The second kappa shape index (κ2) is 12.7. The SMILES string of the molecule is COCCCOc1cc(CCC(=O)N=C(N)N)ccc1-c1ccc(C(=O)N2CCOCC2)cc1. The molecule has 0 unspecified atom stereocenters. The number of hydrogen-bond donors (Lipinski definition) is 2. The Hall–Kier alpha value is -3.43. The highest BCUT2D eigenvalue weighted by Gasteiger charge is 2.18. The molecule has 2 aromatic rings. The Kier molecular flexibility index (Phi) is 9.42. The van der Waals surface area contributed by atoms with E-state index in [4.69, 9.17) is 25.7 Å². The van der Waals surface area contributed by atoms with Gasteiger partial charge in [-0.3, -0.25) is 9.59 Å². The molecular weight excluding hydrogens is 436 g/mol. The average Bonchev–Trinajstić information content (AvgIpc) is 2.85. The van der Waals surface area contributed by atoms with Gasteiger partial charge in [-0.1, -0.05) is 24.3 Å². The van der Waals surface area contributed by atoms with E-state index in [9.17, 15) is 9.59 Å². The zero-order valence-electron chi connectivity index (χ0n) is 19.5. The third kappa shape index (κ3) is 7.29. The number of morpholine rings is 1. The number of rotatable bonds is 10. The topological polar surface area (TPSA) is 129 Å². The zero-order valence-corrected chi connectivity index (χ0v) is 19.5. The summed E-state index contributed by atoms with van der Waals surface area (Å²) in [5.41, 5.74) is 14.0. The van der Waals surface area contributed by atoms with Gasteiger partial charge in [0.1, 0.15) is 5.75 Å². The molecule has 0 saturated carbocycles. The highest BCUT2D eigenvalue weighted by Crippen LogP contribution is 2.32. The Morgan fingerprint density at radius 1 is 1.06 bits per heavy atom. The molecule has 1 saturated heterocycles. The minimum absolute atomic E-state index is 0.00618. The molecule has 1 heterocycles. The molecule has 1 aliphatic heterocycles. The molecule has 1 aliphatic rings. The molecule has 0 spiro atoms. The van der Waals surface area contributed by atoms with Crippen molar-refractivity contribution < 1.29 is 23.8 Å². The van der Waals surface area contributed by atoms with E-state index in [1.807, 2.05) is 42.5 Å². The van der Waals surface area contributed by atoms with Gasteiger partial charge in [0.05, 0.1) is 19.8 Å². The second-order valence-corrected chi connectivity index (χ2v) is 7.94. The van der Waals surface area contributed by atoms with Crippen molar-refractivity contribution in [2.75, 3.05) is 46.6 Å². The van der Waals surface area contributed by atoms with Crippen molar-refractivity contribution in [2.45, 2.75) is 19.3 Å². The molecule has 0 bridgehead atoms. The first-order chi connectivity index (χ1) is 16.5. The monoisotopic (exact) mass is 468 g/mol. The van der Waals surface area contributed by atoms with Gasteiger partial charge < -0.3 is 30.6 Å². The summed E-state index contributed by atoms with van der Waals surface area (Å²) in [6.07, 6.45) is 1.42. The Balaban J connectivity index is 1.77. The van der Waals surface area contributed by atoms with Crippen LogP contribution in [0.1, 0.15) is 28.8 Å². The Morgan fingerprint density at radius 3 is 2.47 bits per heavy atom. The van der Waals surface area contributed by atoms with E-state index in [1.54, 1.807) is 12.0 Å². The largest absolute Gasteiger partial charge is 0.493 e. The zero-order chi connectivity index (χ0) is 24.3. The molecule has 0 aliphatic carbocycles. The lowest BCUT2D eigenvalue weighted by Gasteiger charge is -2.26. The van der Waals surface area contributed by atoms with Gasteiger partial charge in [-0.15, -0.1) is 0 Å². The summed E-state index contributed by atoms with van der Waals surface area (Å²) in [4.78, 5) is 29.9. The number of nitrogens with two attached hydrogens (primary N) is 2. The summed E-state index contributed by atoms with van der Waals surface area (Å²) < 4.78 is 16.5. The molecule has 9 nitrogen and oxygen atoms in total. The van der Waals surface area contributed by atoms with Crippen LogP contribution in [0.2, 0.25) is 0 Å². The molecule has 4 N–H and O–H groups in total. The minimum Gasteiger partial charge on any atom is -0.493 e. The maximum absolute atomic E-state index is 12.7. The van der Waals surface area contributed by atoms with Crippen molar-refractivity contribution in [1.29, 1.82) is 0 Å². The number of methoxy groups -OCH3 is 1. The molecule has 9 heteroatoms. The number of guanidine groups is 1. The normalized spacial score (nSPS) is 13.4. The summed E-state index contributed by atoms with van der Waals surface area (Å²) >= 11 is 0. The first-order valence-corrected chi connectivity index (χ1v) is 11.3. The number of aryl methyl sites for hydroxylation is 1. The molecule has 2 aromatic carbocycles. The molecule has 2 amide bonds. The van der Waals surface area contributed by atoms with E-state index in [1.165, 1.54) is 0 Å². The van der Waals surface area contributed by atoms with E-state index < -0.39 is 0 Å². The average molecular weight is 469 g/mol. The number of carbonyl (C=O) groups excluding carboxylic acids is 2. The quantitative estimate of drug-likeness (QED) is 0.310. The fourth-order valence-electron chi connectivity index (χ4n) is 3.66. The molecule has 182 valence electrons. The van der Waals surface area contributed by atoms with Crippen LogP contribution >= 0.6 is 0 Å². The van der Waals surface area contributed by atoms with Crippen molar-refractivity contribution in [1.82, 2.24) is 4.90 Å². The van der Waals surface area contributed by atoms with Crippen LogP contribution in [0.5, 0.6) is 5.75 Å². The third-order valence-corrected chi connectivity index (χ3v) is 5.42. The van der Waals surface area contributed by atoms with E-state index in [-0.39, 0.29) is 24.2 Å². The molecule has 1 fully saturated rings. The van der Waals surface area contributed by atoms with Crippen LogP contribution in [0.4, 0.5) is 0 Å². The number of hydrogen-bond acceptors (Lipinski definition) is 5.